The maximum absolute atomic E-state index is 13.8. The smallest absolute Gasteiger partial charge is 0.398 e. The largest absolute Gasteiger partial charge is 0.493 e. The molecule has 0 fully saturated rings. The molecule has 0 aromatic heterocycles. The SMILES string of the molecule is CCc1ccccc1C1=CC2CC=C(OCC(COC(=O)C(CC(C)(C)C)C(C)(C)C)C(F)(F)F)C=C2OC1=O. The lowest BCUT2D eigenvalue weighted by atomic mass is 9.72. The second kappa shape index (κ2) is 12.2. The summed E-state index contributed by atoms with van der Waals surface area (Å²) in [5, 5.41) is 0. The van der Waals surface area contributed by atoms with E-state index in [0.29, 0.717) is 24.2 Å². The fourth-order valence-corrected chi connectivity index (χ4v) is 4.82. The van der Waals surface area contributed by atoms with Gasteiger partial charge in [-0.3, -0.25) is 4.79 Å². The van der Waals surface area contributed by atoms with Gasteiger partial charge in [0.15, 0.2) is 0 Å². The van der Waals surface area contributed by atoms with Crippen LogP contribution in [-0.2, 0) is 30.2 Å². The lowest BCUT2D eigenvalue weighted by Gasteiger charge is -2.34. The molecule has 5 nitrogen and oxygen atoms in total. The number of carbonyl (C=O) groups excluding carboxylic acids is 2. The third kappa shape index (κ3) is 8.24. The van der Waals surface area contributed by atoms with Crippen molar-refractivity contribution in [3.05, 3.63) is 65.1 Å². The number of alkyl halides is 3. The second-order valence-electron chi connectivity index (χ2n) is 12.8. The first-order valence-corrected chi connectivity index (χ1v) is 13.8. The van der Waals surface area contributed by atoms with E-state index in [4.69, 9.17) is 14.2 Å². The van der Waals surface area contributed by atoms with Gasteiger partial charge in [0.2, 0.25) is 0 Å². The van der Waals surface area contributed by atoms with Gasteiger partial charge in [-0.25, -0.2) is 4.79 Å². The first-order valence-electron chi connectivity index (χ1n) is 13.8. The van der Waals surface area contributed by atoms with Crippen LogP contribution in [0, 0.1) is 28.6 Å². The van der Waals surface area contributed by atoms with Gasteiger partial charge in [-0.15, -0.1) is 0 Å². The number of aryl methyl sites for hydroxylation is 1. The van der Waals surface area contributed by atoms with Crippen molar-refractivity contribution in [1.82, 2.24) is 0 Å². The highest BCUT2D eigenvalue weighted by Gasteiger charge is 2.43. The number of ether oxygens (including phenoxy) is 3. The molecule has 0 bridgehead atoms. The summed E-state index contributed by atoms with van der Waals surface area (Å²) in [5.41, 5.74) is 1.67. The van der Waals surface area contributed by atoms with E-state index in [9.17, 15) is 22.8 Å². The van der Waals surface area contributed by atoms with Gasteiger partial charge < -0.3 is 14.2 Å². The molecule has 0 N–H and O–H groups in total. The summed E-state index contributed by atoms with van der Waals surface area (Å²) in [6.07, 6.45) is 2.03. The lowest BCUT2D eigenvalue weighted by molar-refractivity contribution is -0.202. The molecule has 220 valence electrons. The Morgan fingerprint density at radius 1 is 1.07 bits per heavy atom. The van der Waals surface area contributed by atoms with Crippen molar-refractivity contribution in [2.75, 3.05) is 13.2 Å². The number of esters is 2. The maximum atomic E-state index is 13.8. The van der Waals surface area contributed by atoms with Gasteiger partial charge in [0.25, 0.3) is 0 Å². The molecule has 40 heavy (non-hydrogen) atoms. The normalized spacial score (nSPS) is 19.4. The molecule has 0 saturated carbocycles. The number of benzene rings is 1. The second-order valence-corrected chi connectivity index (χ2v) is 12.8. The molecule has 3 atom stereocenters. The summed E-state index contributed by atoms with van der Waals surface area (Å²) >= 11 is 0. The highest BCUT2D eigenvalue weighted by Crippen LogP contribution is 2.39. The summed E-state index contributed by atoms with van der Waals surface area (Å²) in [5.74, 6) is -3.39. The fraction of sp³-hybridized carbons (Fsp3) is 0.562. The number of allylic oxidation sites excluding steroid dienone is 3. The Kier molecular flexibility index (Phi) is 9.63. The molecule has 1 heterocycles. The van der Waals surface area contributed by atoms with E-state index in [1.807, 2.05) is 78.8 Å². The van der Waals surface area contributed by atoms with Gasteiger partial charge in [-0.1, -0.05) is 78.8 Å². The van der Waals surface area contributed by atoms with Crippen LogP contribution in [-0.4, -0.2) is 31.3 Å². The van der Waals surface area contributed by atoms with Crippen molar-refractivity contribution >= 4 is 17.5 Å². The summed E-state index contributed by atoms with van der Waals surface area (Å²) in [4.78, 5) is 25.7. The molecule has 8 heteroatoms. The summed E-state index contributed by atoms with van der Waals surface area (Å²) in [7, 11) is 0. The molecule has 3 rings (SSSR count). The Labute approximate surface area is 235 Å². The van der Waals surface area contributed by atoms with Gasteiger partial charge >= 0.3 is 18.1 Å². The van der Waals surface area contributed by atoms with Gasteiger partial charge in [-0.2, -0.15) is 13.2 Å². The van der Waals surface area contributed by atoms with Crippen LogP contribution in [0.3, 0.4) is 0 Å². The predicted octanol–water partition coefficient (Wildman–Crippen LogP) is 7.81. The number of carbonyl (C=O) groups is 2. The zero-order valence-electron chi connectivity index (χ0n) is 24.5. The average molecular weight is 563 g/mol. The highest BCUT2D eigenvalue weighted by atomic mass is 19.4. The van der Waals surface area contributed by atoms with Crippen LogP contribution in [0.25, 0.3) is 5.57 Å². The van der Waals surface area contributed by atoms with Crippen LogP contribution < -0.4 is 0 Å². The quantitative estimate of drug-likeness (QED) is 0.287. The van der Waals surface area contributed by atoms with E-state index in [0.717, 1.165) is 17.5 Å². The minimum Gasteiger partial charge on any atom is -0.493 e. The monoisotopic (exact) mass is 562 g/mol. The minimum absolute atomic E-state index is 0.186. The van der Waals surface area contributed by atoms with E-state index in [1.54, 1.807) is 6.08 Å². The molecule has 0 saturated heterocycles. The molecule has 3 unspecified atom stereocenters. The van der Waals surface area contributed by atoms with Crippen molar-refractivity contribution in [2.24, 2.45) is 28.6 Å². The maximum Gasteiger partial charge on any atom is 0.398 e. The van der Waals surface area contributed by atoms with Crippen LogP contribution in [0.15, 0.2) is 54.0 Å². The number of rotatable bonds is 9. The molecule has 0 amide bonds. The zero-order valence-corrected chi connectivity index (χ0v) is 24.5. The predicted molar refractivity (Wildman–Crippen MR) is 148 cm³/mol. The third-order valence-electron chi connectivity index (χ3n) is 7.20. The van der Waals surface area contributed by atoms with Crippen LogP contribution >= 0.6 is 0 Å². The van der Waals surface area contributed by atoms with E-state index < -0.39 is 48.6 Å². The van der Waals surface area contributed by atoms with Crippen molar-refractivity contribution in [3.8, 4) is 0 Å². The Morgan fingerprint density at radius 3 is 2.35 bits per heavy atom. The molecular formula is C32H41F3O5. The first-order chi connectivity index (χ1) is 18.5. The summed E-state index contributed by atoms with van der Waals surface area (Å²) in [6.45, 7) is 12.0. The molecule has 0 radical (unpaired) electrons. The number of halogens is 3. The van der Waals surface area contributed by atoms with Crippen LogP contribution in [0.5, 0.6) is 0 Å². The van der Waals surface area contributed by atoms with Crippen molar-refractivity contribution in [2.45, 2.75) is 73.9 Å². The number of hydrogen-bond acceptors (Lipinski definition) is 5. The Balaban J connectivity index is 1.66. The molecular weight excluding hydrogens is 521 g/mol. The highest BCUT2D eigenvalue weighted by molar-refractivity contribution is 6.18. The van der Waals surface area contributed by atoms with Crippen LogP contribution in [0.1, 0.15) is 72.4 Å². The van der Waals surface area contributed by atoms with Gasteiger partial charge in [0, 0.05) is 12.0 Å². The third-order valence-corrected chi connectivity index (χ3v) is 7.20. The van der Waals surface area contributed by atoms with E-state index in [-0.39, 0.29) is 17.1 Å². The van der Waals surface area contributed by atoms with Crippen LogP contribution in [0.4, 0.5) is 13.2 Å². The lowest BCUT2D eigenvalue weighted by Crippen LogP contribution is -2.37. The molecule has 0 spiro atoms. The number of fused-ring (bicyclic) bond motifs is 1. The van der Waals surface area contributed by atoms with E-state index >= 15 is 0 Å². The van der Waals surface area contributed by atoms with Crippen molar-refractivity contribution in [3.63, 3.8) is 0 Å². The molecule has 1 aliphatic heterocycles. The summed E-state index contributed by atoms with van der Waals surface area (Å²) in [6, 6.07) is 7.62. The Hall–Kier alpha value is -3.03. The molecule has 1 aromatic rings. The van der Waals surface area contributed by atoms with E-state index in [1.165, 1.54) is 6.08 Å². The van der Waals surface area contributed by atoms with Crippen molar-refractivity contribution in [1.29, 1.82) is 0 Å². The van der Waals surface area contributed by atoms with Gasteiger partial charge in [0.1, 0.15) is 30.6 Å². The van der Waals surface area contributed by atoms with Gasteiger partial charge in [-0.05, 0) is 47.3 Å². The van der Waals surface area contributed by atoms with E-state index in [2.05, 4.69) is 0 Å². The van der Waals surface area contributed by atoms with Crippen LogP contribution in [0.2, 0.25) is 0 Å². The molecule has 1 aromatic carbocycles. The zero-order chi connectivity index (χ0) is 29.9. The minimum atomic E-state index is -4.63. The standard InChI is InChI=1S/C32H41F3O5/c1-8-20-11-9-10-12-24(20)25-15-21-13-14-23(16-27(21)40-28(25)36)38-18-22(32(33,34)35)19-39-29(37)26(31(5,6)7)17-30(2,3)4/h9-12,14-16,21-22,26H,8,13,17-19H2,1-7H3. The fourth-order valence-electron chi connectivity index (χ4n) is 4.82. The summed E-state index contributed by atoms with van der Waals surface area (Å²) < 4.78 is 57.8. The average Bonchev–Trinajstić information content (AvgIpc) is 2.84. The number of hydrogen-bond donors (Lipinski definition) is 0. The molecule has 1 aliphatic carbocycles. The Bertz CT molecular complexity index is 1180. The van der Waals surface area contributed by atoms with Gasteiger partial charge in [0.05, 0.1) is 11.5 Å². The topological polar surface area (TPSA) is 61.8 Å². The Morgan fingerprint density at radius 2 is 1.75 bits per heavy atom. The van der Waals surface area contributed by atoms with Crippen molar-refractivity contribution < 1.29 is 37.0 Å². The molecule has 2 aliphatic rings. The first kappa shape index (κ1) is 31.5.